The second kappa shape index (κ2) is 8.51. The molecular weight excluding hydrogens is 316 g/mol. The topological polar surface area (TPSA) is 59.3 Å². The summed E-state index contributed by atoms with van der Waals surface area (Å²) in [6.45, 7) is 8.01. The van der Waals surface area contributed by atoms with Crippen molar-refractivity contribution in [2.75, 3.05) is 40.4 Å². The number of fused-ring (bicyclic) bond motifs is 1. The van der Waals surface area contributed by atoms with E-state index in [4.69, 9.17) is 4.74 Å². The Hall–Kier alpha value is -1.83. The number of aryl methyl sites for hydroxylation is 1. The van der Waals surface area contributed by atoms with E-state index >= 15 is 0 Å². The van der Waals surface area contributed by atoms with Crippen LogP contribution in [0.25, 0.3) is 0 Å². The van der Waals surface area contributed by atoms with Gasteiger partial charge in [0.25, 0.3) is 0 Å². The van der Waals surface area contributed by atoms with Crippen LogP contribution in [0.5, 0.6) is 0 Å². The fourth-order valence-electron chi connectivity index (χ4n) is 3.30. The van der Waals surface area contributed by atoms with Crippen LogP contribution in [0.1, 0.15) is 29.8 Å². The molecule has 3 rings (SSSR count). The van der Waals surface area contributed by atoms with Gasteiger partial charge in [-0.25, -0.2) is 4.68 Å². The Morgan fingerprint density at radius 2 is 2.24 bits per heavy atom. The number of aromatic nitrogens is 4. The lowest BCUT2D eigenvalue weighted by atomic mass is 9.98. The number of hydrogen-bond acceptors (Lipinski definition) is 6. The van der Waals surface area contributed by atoms with E-state index in [2.05, 4.69) is 52.2 Å². The van der Waals surface area contributed by atoms with E-state index in [1.54, 1.807) is 0 Å². The van der Waals surface area contributed by atoms with Gasteiger partial charge in [-0.3, -0.25) is 9.88 Å². The van der Waals surface area contributed by atoms with Gasteiger partial charge in [-0.15, -0.1) is 5.10 Å². The minimum atomic E-state index is 0.303. The highest BCUT2D eigenvalue weighted by atomic mass is 16.5. The van der Waals surface area contributed by atoms with Crippen LogP contribution in [0, 0.1) is 0 Å². The Kier molecular flexibility index (Phi) is 6.12. The van der Waals surface area contributed by atoms with Crippen molar-refractivity contribution < 1.29 is 4.74 Å². The summed E-state index contributed by atoms with van der Waals surface area (Å²) in [5.41, 5.74) is 3.55. The molecule has 2 aromatic heterocycles. The van der Waals surface area contributed by atoms with E-state index in [0.717, 1.165) is 45.0 Å². The minimum Gasteiger partial charge on any atom is -0.379 e. The van der Waals surface area contributed by atoms with Crippen molar-refractivity contribution in [3.8, 4) is 0 Å². The summed E-state index contributed by atoms with van der Waals surface area (Å²) in [6.07, 6.45) is 3.74. The quantitative estimate of drug-likeness (QED) is 0.674. The van der Waals surface area contributed by atoms with Gasteiger partial charge in [0, 0.05) is 51.0 Å². The van der Waals surface area contributed by atoms with Crippen LogP contribution >= 0.6 is 0 Å². The molecule has 0 spiro atoms. The minimum absolute atomic E-state index is 0.303. The van der Waals surface area contributed by atoms with E-state index in [-0.39, 0.29) is 0 Å². The van der Waals surface area contributed by atoms with Gasteiger partial charge in [0.1, 0.15) is 5.69 Å². The molecule has 0 unspecified atom stereocenters. The predicted molar refractivity (Wildman–Crippen MR) is 96.2 cm³/mol. The lowest BCUT2D eigenvalue weighted by molar-refractivity contribution is 0.0832. The van der Waals surface area contributed by atoms with Crippen LogP contribution in [0.15, 0.2) is 24.5 Å². The summed E-state index contributed by atoms with van der Waals surface area (Å²) in [7, 11) is 4.13. The fraction of sp³-hybridized carbons (Fsp3) is 0.611. The third-order valence-electron chi connectivity index (χ3n) is 4.52. The van der Waals surface area contributed by atoms with Crippen LogP contribution in [-0.4, -0.2) is 70.2 Å². The SMILES string of the molecule is CCn1nnc2c1[C@H](COCCN(C)C)CN(Cc1cccnc1)C2. The molecule has 25 heavy (non-hydrogen) atoms. The second-order valence-electron chi connectivity index (χ2n) is 6.84. The molecule has 0 N–H and O–H groups in total. The molecule has 0 aromatic carbocycles. The Bertz CT molecular complexity index is 657. The number of ether oxygens (including phenoxy) is 1. The Balaban J connectivity index is 1.69. The molecule has 0 aliphatic carbocycles. The molecule has 0 amide bonds. The first kappa shape index (κ1) is 18.0. The lowest BCUT2D eigenvalue weighted by Crippen LogP contribution is -2.36. The molecule has 136 valence electrons. The summed E-state index contributed by atoms with van der Waals surface area (Å²) < 4.78 is 7.98. The fourth-order valence-corrected chi connectivity index (χ4v) is 3.30. The first-order chi connectivity index (χ1) is 12.2. The molecule has 0 saturated heterocycles. The maximum Gasteiger partial charge on any atom is 0.100 e. The average Bonchev–Trinajstić information content (AvgIpc) is 3.02. The lowest BCUT2D eigenvalue weighted by Gasteiger charge is -2.32. The van der Waals surface area contributed by atoms with Crippen molar-refractivity contribution in [3.05, 3.63) is 41.5 Å². The number of likely N-dealkylation sites (N-methyl/N-ethyl adjacent to an activating group) is 1. The Labute approximate surface area is 149 Å². The highest BCUT2D eigenvalue weighted by molar-refractivity contribution is 5.20. The Morgan fingerprint density at radius 1 is 1.36 bits per heavy atom. The summed E-state index contributed by atoms with van der Waals surface area (Å²) in [5, 5.41) is 8.75. The normalized spacial score (nSPS) is 17.8. The first-order valence-electron chi connectivity index (χ1n) is 8.93. The summed E-state index contributed by atoms with van der Waals surface area (Å²) in [5.74, 6) is 0.303. The molecule has 0 saturated carbocycles. The molecule has 1 aliphatic heterocycles. The van der Waals surface area contributed by atoms with Gasteiger partial charge in [-0.1, -0.05) is 11.3 Å². The first-order valence-corrected chi connectivity index (χ1v) is 8.93. The van der Waals surface area contributed by atoms with Gasteiger partial charge in [0.15, 0.2) is 0 Å². The van der Waals surface area contributed by atoms with Gasteiger partial charge in [-0.2, -0.15) is 0 Å². The van der Waals surface area contributed by atoms with Crippen molar-refractivity contribution in [2.24, 2.45) is 0 Å². The average molecular weight is 344 g/mol. The van der Waals surface area contributed by atoms with E-state index < -0.39 is 0 Å². The molecule has 3 heterocycles. The Morgan fingerprint density at radius 3 is 2.96 bits per heavy atom. The zero-order chi connectivity index (χ0) is 17.6. The van der Waals surface area contributed by atoms with Crippen molar-refractivity contribution in [1.29, 1.82) is 0 Å². The van der Waals surface area contributed by atoms with Crippen LogP contribution in [0.4, 0.5) is 0 Å². The zero-order valence-corrected chi connectivity index (χ0v) is 15.4. The molecule has 0 fully saturated rings. The number of nitrogens with zero attached hydrogens (tertiary/aromatic N) is 6. The number of hydrogen-bond donors (Lipinski definition) is 0. The van der Waals surface area contributed by atoms with Gasteiger partial charge < -0.3 is 9.64 Å². The van der Waals surface area contributed by atoms with Crippen molar-refractivity contribution in [1.82, 2.24) is 29.8 Å². The molecule has 0 radical (unpaired) electrons. The van der Waals surface area contributed by atoms with Crippen molar-refractivity contribution in [2.45, 2.75) is 32.5 Å². The maximum absolute atomic E-state index is 5.96. The predicted octanol–water partition coefficient (Wildman–Crippen LogP) is 1.37. The third-order valence-corrected chi connectivity index (χ3v) is 4.52. The monoisotopic (exact) mass is 344 g/mol. The third kappa shape index (κ3) is 4.62. The standard InChI is InChI=1S/C18H28N6O/c1-4-24-18-16(14-25-9-8-22(2)3)12-23(13-17(18)20-21-24)11-15-6-5-7-19-10-15/h5-7,10,16H,4,8-9,11-14H2,1-3H3/t16-/m0/s1. The molecular formula is C18H28N6O. The summed E-state index contributed by atoms with van der Waals surface area (Å²) >= 11 is 0. The van der Waals surface area contributed by atoms with Crippen molar-refractivity contribution in [3.63, 3.8) is 0 Å². The molecule has 7 heteroatoms. The van der Waals surface area contributed by atoms with Gasteiger partial charge >= 0.3 is 0 Å². The van der Waals surface area contributed by atoms with E-state index in [9.17, 15) is 0 Å². The van der Waals surface area contributed by atoms with Gasteiger partial charge in [-0.05, 0) is 32.6 Å². The zero-order valence-electron chi connectivity index (χ0n) is 15.4. The molecule has 1 aliphatic rings. The van der Waals surface area contributed by atoms with E-state index in [1.807, 2.05) is 23.1 Å². The number of pyridine rings is 1. The molecule has 1 atom stereocenters. The highest BCUT2D eigenvalue weighted by Gasteiger charge is 2.30. The summed E-state index contributed by atoms with van der Waals surface area (Å²) in [6, 6.07) is 4.11. The highest BCUT2D eigenvalue weighted by Crippen LogP contribution is 2.28. The van der Waals surface area contributed by atoms with Crippen LogP contribution in [0.2, 0.25) is 0 Å². The van der Waals surface area contributed by atoms with Crippen LogP contribution in [-0.2, 0) is 24.4 Å². The summed E-state index contributed by atoms with van der Waals surface area (Å²) in [4.78, 5) is 8.77. The second-order valence-corrected chi connectivity index (χ2v) is 6.84. The number of rotatable bonds is 8. The van der Waals surface area contributed by atoms with Crippen molar-refractivity contribution >= 4 is 0 Å². The maximum atomic E-state index is 5.96. The van der Waals surface area contributed by atoms with Crippen LogP contribution in [0.3, 0.4) is 0 Å². The van der Waals surface area contributed by atoms with E-state index in [1.165, 1.54) is 11.3 Å². The largest absolute Gasteiger partial charge is 0.379 e. The van der Waals surface area contributed by atoms with Gasteiger partial charge in [0.05, 0.1) is 18.9 Å². The van der Waals surface area contributed by atoms with E-state index in [0.29, 0.717) is 12.5 Å². The molecule has 2 aromatic rings. The van der Waals surface area contributed by atoms with Gasteiger partial charge in [0.2, 0.25) is 0 Å². The molecule has 0 bridgehead atoms. The van der Waals surface area contributed by atoms with Crippen LogP contribution < -0.4 is 0 Å². The molecule has 7 nitrogen and oxygen atoms in total. The smallest absolute Gasteiger partial charge is 0.100 e.